The minimum atomic E-state index is -0.604. The number of anilines is 2. The molecule has 0 aliphatic carbocycles. The topological polar surface area (TPSA) is 107 Å². The molecule has 88 valence electrons. The summed E-state index contributed by atoms with van der Waals surface area (Å²) in [5.41, 5.74) is 5.15. The minimum Gasteiger partial charge on any atom is -0.378 e. The van der Waals surface area contributed by atoms with Gasteiger partial charge in [0.15, 0.2) is 0 Å². The van der Waals surface area contributed by atoms with E-state index >= 15 is 0 Å². The molecule has 0 atom stereocenters. The number of nitrogens with two attached hydrogens (primary N) is 1. The van der Waals surface area contributed by atoms with Gasteiger partial charge in [0, 0.05) is 6.54 Å². The first-order valence-electron chi connectivity index (χ1n) is 5.01. The maximum absolute atomic E-state index is 10.5. The van der Waals surface area contributed by atoms with Crippen molar-refractivity contribution < 1.29 is 4.92 Å². The van der Waals surface area contributed by atoms with Gasteiger partial charge in [-0.3, -0.25) is 10.1 Å². The van der Waals surface area contributed by atoms with Crippen LogP contribution in [0.5, 0.6) is 0 Å². The van der Waals surface area contributed by atoms with Crippen molar-refractivity contribution in [3.63, 3.8) is 0 Å². The monoisotopic (exact) mass is 225 g/mol. The molecule has 0 saturated carbocycles. The van der Waals surface area contributed by atoms with Gasteiger partial charge < -0.3 is 11.1 Å². The number of hydrogen-bond acceptors (Lipinski definition) is 6. The largest absolute Gasteiger partial charge is 0.378 e. The van der Waals surface area contributed by atoms with Gasteiger partial charge in [-0.2, -0.15) is 4.98 Å². The van der Waals surface area contributed by atoms with E-state index < -0.39 is 4.92 Å². The zero-order chi connectivity index (χ0) is 12.1. The van der Waals surface area contributed by atoms with Gasteiger partial charge in [-0.05, 0) is 12.3 Å². The van der Waals surface area contributed by atoms with Crippen LogP contribution in [0.3, 0.4) is 0 Å². The molecule has 0 amide bonds. The number of hydrogen-bond donors (Lipinski definition) is 2. The summed E-state index contributed by atoms with van der Waals surface area (Å²) in [6.07, 6.45) is 2.08. The third-order valence-corrected chi connectivity index (χ3v) is 2.00. The summed E-state index contributed by atoms with van der Waals surface area (Å²) < 4.78 is 0. The van der Waals surface area contributed by atoms with Crippen molar-refractivity contribution in [3.8, 4) is 0 Å². The highest BCUT2D eigenvalue weighted by Gasteiger charge is 2.13. The van der Waals surface area contributed by atoms with E-state index in [-0.39, 0.29) is 11.5 Å². The second kappa shape index (κ2) is 5.24. The van der Waals surface area contributed by atoms with Gasteiger partial charge >= 0.3 is 5.69 Å². The summed E-state index contributed by atoms with van der Waals surface area (Å²) in [7, 11) is 0. The van der Waals surface area contributed by atoms with Crippen LogP contribution in [0.1, 0.15) is 20.3 Å². The van der Waals surface area contributed by atoms with Crippen LogP contribution in [0.2, 0.25) is 0 Å². The van der Waals surface area contributed by atoms with Crippen LogP contribution >= 0.6 is 0 Å². The van der Waals surface area contributed by atoms with E-state index in [2.05, 4.69) is 29.1 Å². The Morgan fingerprint density at radius 1 is 1.62 bits per heavy atom. The Hall–Kier alpha value is -1.92. The Morgan fingerprint density at radius 3 is 2.81 bits per heavy atom. The van der Waals surface area contributed by atoms with Gasteiger partial charge in [-0.15, -0.1) is 0 Å². The van der Waals surface area contributed by atoms with Gasteiger partial charge in [-0.25, -0.2) is 4.98 Å². The lowest BCUT2D eigenvalue weighted by molar-refractivity contribution is -0.384. The maximum atomic E-state index is 10.5. The molecule has 7 heteroatoms. The fraction of sp³-hybridized carbons (Fsp3) is 0.556. The first kappa shape index (κ1) is 12.2. The van der Waals surface area contributed by atoms with E-state index in [4.69, 9.17) is 5.73 Å². The maximum Gasteiger partial charge on any atom is 0.329 e. The molecule has 0 aromatic carbocycles. The van der Waals surface area contributed by atoms with E-state index in [1.165, 1.54) is 0 Å². The molecule has 0 spiro atoms. The standard InChI is InChI=1S/C9H15N5O2/c1-6(2)3-4-11-9-12-5-7(14(15)16)8(10)13-9/h5-6H,3-4H2,1-2H3,(H3,10,11,12,13). The SMILES string of the molecule is CC(C)CCNc1ncc([N+](=O)[O-])c(N)n1. The summed E-state index contributed by atoms with van der Waals surface area (Å²) in [5, 5.41) is 13.4. The van der Waals surface area contributed by atoms with E-state index in [0.29, 0.717) is 11.9 Å². The first-order valence-corrected chi connectivity index (χ1v) is 5.01. The van der Waals surface area contributed by atoms with Crippen LogP contribution in [0.15, 0.2) is 6.20 Å². The van der Waals surface area contributed by atoms with Crippen molar-refractivity contribution in [2.45, 2.75) is 20.3 Å². The number of aromatic nitrogens is 2. The molecule has 0 fully saturated rings. The Labute approximate surface area is 93.2 Å². The van der Waals surface area contributed by atoms with E-state index in [1.807, 2.05) is 0 Å². The number of nitrogens with zero attached hydrogens (tertiary/aromatic N) is 3. The van der Waals surface area contributed by atoms with Gasteiger partial charge in [0.25, 0.3) is 0 Å². The summed E-state index contributed by atoms with van der Waals surface area (Å²) >= 11 is 0. The molecule has 7 nitrogen and oxygen atoms in total. The lowest BCUT2D eigenvalue weighted by Gasteiger charge is -2.06. The molecular formula is C9H15N5O2. The van der Waals surface area contributed by atoms with Crippen LogP contribution in [-0.4, -0.2) is 21.4 Å². The van der Waals surface area contributed by atoms with Crippen LogP contribution in [0.4, 0.5) is 17.5 Å². The third-order valence-electron chi connectivity index (χ3n) is 2.00. The van der Waals surface area contributed by atoms with E-state index in [0.717, 1.165) is 19.2 Å². The normalized spacial score (nSPS) is 10.4. The lowest BCUT2D eigenvalue weighted by Crippen LogP contribution is -2.09. The number of nitrogen functional groups attached to an aromatic ring is 1. The van der Waals surface area contributed by atoms with Crippen LogP contribution in [0.25, 0.3) is 0 Å². The fourth-order valence-electron chi connectivity index (χ4n) is 1.09. The van der Waals surface area contributed by atoms with Crippen LogP contribution in [-0.2, 0) is 0 Å². The summed E-state index contributed by atoms with van der Waals surface area (Å²) in [6, 6.07) is 0. The molecule has 0 unspecified atom stereocenters. The minimum absolute atomic E-state index is 0.118. The zero-order valence-electron chi connectivity index (χ0n) is 9.30. The highest BCUT2D eigenvalue weighted by molar-refractivity contribution is 5.53. The highest BCUT2D eigenvalue weighted by Crippen LogP contribution is 2.18. The second-order valence-electron chi connectivity index (χ2n) is 3.83. The average Bonchev–Trinajstić information content (AvgIpc) is 2.16. The van der Waals surface area contributed by atoms with Gasteiger partial charge in [0.2, 0.25) is 11.8 Å². The Morgan fingerprint density at radius 2 is 2.31 bits per heavy atom. The van der Waals surface area contributed by atoms with Crippen molar-refractivity contribution in [1.29, 1.82) is 0 Å². The van der Waals surface area contributed by atoms with Gasteiger partial charge in [0.1, 0.15) is 6.20 Å². The van der Waals surface area contributed by atoms with Crippen LogP contribution < -0.4 is 11.1 Å². The highest BCUT2D eigenvalue weighted by atomic mass is 16.6. The molecule has 0 aliphatic heterocycles. The quantitative estimate of drug-likeness (QED) is 0.579. The third kappa shape index (κ3) is 3.34. The molecule has 1 aromatic heterocycles. The summed E-state index contributed by atoms with van der Waals surface area (Å²) in [5.74, 6) is 0.777. The molecule has 3 N–H and O–H groups in total. The second-order valence-corrected chi connectivity index (χ2v) is 3.83. The van der Waals surface area contributed by atoms with Gasteiger partial charge in [0.05, 0.1) is 4.92 Å². The van der Waals surface area contributed by atoms with Crippen LogP contribution in [0, 0.1) is 16.0 Å². The lowest BCUT2D eigenvalue weighted by atomic mass is 10.1. The molecule has 16 heavy (non-hydrogen) atoms. The van der Waals surface area contributed by atoms with Crippen molar-refractivity contribution in [3.05, 3.63) is 16.3 Å². The molecule has 1 rings (SSSR count). The molecule has 1 aromatic rings. The molecule has 0 aliphatic rings. The smallest absolute Gasteiger partial charge is 0.329 e. The fourth-order valence-corrected chi connectivity index (χ4v) is 1.09. The first-order chi connectivity index (χ1) is 7.50. The van der Waals surface area contributed by atoms with Crippen molar-refractivity contribution in [1.82, 2.24) is 9.97 Å². The summed E-state index contributed by atoms with van der Waals surface area (Å²) in [4.78, 5) is 17.5. The molecule has 0 bridgehead atoms. The summed E-state index contributed by atoms with van der Waals surface area (Å²) in [6.45, 7) is 4.92. The van der Waals surface area contributed by atoms with E-state index in [1.54, 1.807) is 0 Å². The predicted octanol–water partition coefficient (Wildman–Crippen LogP) is 1.42. The van der Waals surface area contributed by atoms with Crippen molar-refractivity contribution in [2.75, 3.05) is 17.6 Å². The number of nitrogens with one attached hydrogen (secondary N) is 1. The Kier molecular flexibility index (Phi) is 3.98. The Bertz CT molecular complexity index is 380. The van der Waals surface area contributed by atoms with E-state index in [9.17, 15) is 10.1 Å². The Balaban J connectivity index is 2.63. The molecule has 0 saturated heterocycles. The molecule has 1 heterocycles. The number of rotatable bonds is 5. The molecular weight excluding hydrogens is 210 g/mol. The zero-order valence-corrected chi connectivity index (χ0v) is 9.30. The average molecular weight is 225 g/mol. The van der Waals surface area contributed by atoms with Crippen molar-refractivity contribution in [2.24, 2.45) is 5.92 Å². The van der Waals surface area contributed by atoms with Crippen molar-refractivity contribution >= 4 is 17.5 Å². The molecule has 0 radical (unpaired) electrons. The predicted molar refractivity (Wildman–Crippen MR) is 61.0 cm³/mol. The number of nitro groups is 1. The van der Waals surface area contributed by atoms with Gasteiger partial charge in [-0.1, -0.05) is 13.8 Å².